The second-order valence-corrected chi connectivity index (χ2v) is 13.0. The molecule has 0 radical (unpaired) electrons. The zero-order valence-electron chi connectivity index (χ0n) is 26.8. The van der Waals surface area contributed by atoms with Gasteiger partial charge < -0.3 is 24.8 Å². The summed E-state index contributed by atoms with van der Waals surface area (Å²) in [6.45, 7) is 3.60. The van der Waals surface area contributed by atoms with Crippen LogP contribution in [0.4, 0.5) is 0 Å². The summed E-state index contributed by atoms with van der Waals surface area (Å²) >= 11 is 0. The highest BCUT2D eigenvalue weighted by atomic mass is 16.5. The van der Waals surface area contributed by atoms with Crippen molar-refractivity contribution in [3.8, 4) is 0 Å². The number of cyclic esters (lactones) is 1. The van der Waals surface area contributed by atoms with Gasteiger partial charge in [-0.3, -0.25) is 4.79 Å². The molecule has 0 aromatic rings. The zero-order valence-corrected chi connectivity index (χ0v) is 26.8. The van der Waals surface area contributed by atoms with Crippen molar-refractivity contribution in [2.45, 2.75) is 198 Å². The Bertz CT molecular complexity index is 766. The van der Waals surface area contributed by atoms with Gasteiger partial charge in [0.25, 0.3) is 0 Å². The second kappa shape index (κ2) is 22.3. The summed E-state index contributed by atoms with van der Waals surface area (Å²) in [5.41, 5.74) is 0.512. The average molecular weight is 595 g/mol. The van der Waals surface area contributed by atoms with Crippen LogP contribution in [0.25, 0.3) is 0 Å². The third-order valence-corrected chi connectivity index (χ3v) is 8.94. The molecule has 7 heteroatoms. The summed E-state index contributed by atoms with van der Waals surface area (Å²) in [6.07, 6.45) is 23.4. The lowest BCUT2D eigenvalue weighted by Gasteiger charge is -2.22. The van der Waals surface area contributed by atoms with Crippen molar-refractivity contribution in [3.63, 3.8) is 0 Å². The van der Waals surface area contributed by atoms with E-state index in [4.69, 9.17) is 9.47 Å². The Kier molecular flexibility index (Phi) is 19.6. The topological polar surface area (TPSA) is 113 Å². The van der Waals surface area contributed by atoms with E-state index in [1.165, 1.54) is 51.9 Å². The quantitative estimate of drug-likeness (QED) is 0.0713. The van der Waals surface area contributed by atoms with Gasteiger partial charge >= 0.3 is 5.97 Å². The van der Waals surface area contributed by atoms with Crippen molar-refractivity contribution in [2.24, 2.45) is 0 Å². The van der Waals surface area contributed by atoms with Crippen molar-refractivity contribution < 1.29 is 34.4 Å². The first-order valence-electron chi connectivity index (χ1n) is 17.4. The number of ketones is 1. The van der Waals surface area contributed by atoms with Crippen molar-refractivity contribution in [3.05, 3.63) is 11.6 Å². The lowest BCUT2D eigenvalue weighted by molar-refractivity contribution is -0.140. The molecular weight excluding hydrogens is 532 g/mol. The maximum Gasteiger partial charge on any atom is 0.334 e. The highest BCUT2D eigenvalue weighted by Crippen LogP contribution is 2.28. The summed E-state index contributed by atoms with van der Waals surface area (Å²) < 4.78 is 11.4. The van der Waals surface area contributed by atoms with Crippen LogP contribution in [-0.4, -0.2) is 63.7 Å². The van der Waals surface area contributed by atoms with Crippen molar-refractivity contribution in [1.82, 2.24) is 0 Å². The van der Waals surface area contributed by atoms with Gasteiger partial charge in [-0.1, -0.05) is 96.8 Å². The van der Waals surface area contributed by atoms with Crippen LogP contribution in [-0.2, 0) is 19.1 Å². The molecular formula is C35H62O7. The molecule has 2 rings (SSSR count). The first kappa shape index (κ1) is 36.9. The fraction of sp³-hybridized carbons (Fsp3) is 0.886. The molecule has 3 N–H and O–H groups in total. The molecule has 244 valence electrons. The van der Waals surface area contributed by atoms with Crippen LogP contribution < -0.4 is 0 Å². The van der Waals surface area contributed by atoms with Crippen LogP contribution in [0.1, 0.15) is 162 Å². The van der Waals surface area contributed by atoms with Crippen molar-refractivity contribution >= 4 is 11.8 Å². The Balaban J connectivity index is 1.39. The molecule has 6 unspecified atom stereocenters. The highest BCUT2D eigenvalue weighted by Gasteiger charge is 2.34. The molecule has 0 aliphatic carbocycles. The van der Waals surface area contributed by atoms with E-state index >= 15 is 0 Å². The van der Waals surface area contributed by atoms with Gasteiger partial charge in [0.1, 0.15) is 11.9 Å². The van der Waals surface area contributed by atoms with Gasteiger partial charge in [0.05, 0.1) is 30.5 Å². The van der Waals surface area contributed by atoms with Crippen LogP contribution in [0.5, 0.6) is 0 Å². The normalized spacial score (nSPS) is 22.6. The molecule has 0 bridgehead atoms. The molecule has 0 saturated carbocycles. The third kappa shape index (κ3) is 16.0. The van der Waals surface area contributed by atoms with Gasteiger partial charge in [-0.2, -0.15) is 0 Å². The maximum absolute atomic E-state index is 11.8. The van der Waals surface area contributed by atoms with E-state index in [0.717, 1.165) is 96.3 Å². The molecule has 2 aliphatic heterocycles. The van der Waals surface area contributed by atoms with Crippen LogP contribution in [0, 0.1) is 0 Å². The molecule has 1 saturated heterocycles. The van der Waals surface area contributed by atoms with E-state index in [0.29, 0.717) is 5.57 Å². The molecule has 42 heavy (non-hydrogen) atoms. The van der Waals surface area contributed by atoms with Crippen molar-refractivity contribution in [2.75, 3.05) is 0 Å². The number of ether oxygens (including phenoxy) is 2. The summed E-state index contributed by atoms with van der Waals surface area (Å²) in [7, 11) is 0. The van der Waals surface area contributed by atoms with Crippen LogP contribution >= 0.6 is 0 Å². The second-order valence-electron chi connectivity index (χ2n) is 13.0. The standard InChI is InChI=1S/C35H62O7/c1-3-18-29(37)19-14-10-8-9-13-17-22-32(39)34-24-23-33(42-34)31(38)21-16-12-7-5-4-6-11-15-20-30-26-28(25-27(2)36)35(40)41-30/h26,29-34,37-39H,3-25H2,1-2H3. The van der Waals surface area contributed by atoms with Crippen LogP contribution in [0.2, 0.25) is 0 Å². The third-order valence-electron chi connectivity index (χ3n) is 8.94. The first-order chi connectivity index (χ1) is 20.3. The lowest BCUT2D eigenvalue weighted by atomic mass is 10.00. The first-order valence-corrected chi connectivity index (χ1v) is 17.4. The number of aliphatic hydroxyl groups excluding tert-OH is 3. The highest BCUT2D eigenvalue weighted by molar-refractivity contribution is 5.96. The smallest absolute Gasteiger partial charge is 0.334 e. The molecule has 2 aliphatic rings. The molecule has 6 atom stereocenters. The summed E-state index contributed by atoms with van der Waals surface area (Å²) in [5, 5.41) is 31.0. The van der Waals surface area contributed by atoms with E-state index in [1.807, 2.05) is 6.08 Å². The van der Waals surface area contributed by atoms with Gasteiger partial charge in [0, 0.05) is 12.0 Å². The van der Waals surface area contributed by atoms with E-state index in [1.54, 1.807) is 0 Å². The van der Waals surface area contributed by atoms with Crippen LogP contribution in [0.3, 0.4) is 0 Å². The number of unbranched alkanes of at least 4 members (excludes halogenated alkanes) is 12. The molecule has 2 heterocycles. The van der Waals surface area contributed by atoms with Gasteiger partial charge in [-0.05, 0) is 64.4 Å². The van der Waals surface area contributed by atoms with E-state index in [9.17, 15) is 24.9 Å². The minimum Gasteiger partial charge on any atom is -0.455 e. The molecule has 0 aromatic heterocycles. The number of hydrogen-bond acceptors (Lipinski definition) is 7. The Labute approximate surface area is 255 Å². The summed E-state index contributed by atoms with van der Waals surface area (Å²) in [6, 6.07) is 0. The van der Waals surface area contributed by atoms with E-state index in [2.05, 4.69) is 6.92 Å². The number of carbonyl (C=O) groups is 2. The summed E-state index contributed by atoms with van der Waals surface area (Å²) in [5.74, 6) is -0.343. The molecule has 7 nitrogen and oxygen atoms in total. The number of esters is 1. The van der Waals surface area contributed by atoms with Gasteiger partial charge in [0.2, 0.25) is 0 Å². The van der Waals surface area contributed by atoms with Gasteiger partial charge in [-0.15, -0.1) is 0 Å². The minimum atomic E-state index is -0.437. The monoisotopic (exact) mass is 594 g/mol. The predicted octanol–water partition coefficient (Wildman–Crippen LogP) is 7.27. The van der Waals surface area contributed by atoms with Gasteiger partial charge in [-0.25, -0.2) is 4.79 Å². The fourth-order valence-corrected chi connectivity index (χ4v) is 6.39. The molecule has 0 amide bonds. The number of carbonyl (C=O) groups excluding carboxylic acids is 2. The Morgan fingerprint density at radius 3 is 1.74 bits per heavy atom. The number of aliphatic hydroxyl groups is 3. The Hall–Kier alpha value is -1.28. The number of rotatable bonds is 26. The van der Waals surface area contributed by atoms with Crippen LogP contribution in [0.15, 0.2) is 11.6 Å². The number of hydrogen-bond donors (Lipinski definition) is 3. The van der Waals surface area contributed by atoms with Crippen molar-refractivity contribution in [1.29, 1.82) is 0 Å². The lowest BCUT2D eigenvalue weighted by Crippen LogP contribution is -2.31. The largest absolute Gasteiger partial charge is 0.455 e. The summed E-state index contributed by atoms with van der Waals surface area (Å²) in [4.78, 5) is 23.0. The van der Waals surface area contributed by atoms with Gasteiger partial charge in [0.15, 0.2) is 0 Å². The minimum absolute atomic E-state index is 0.0104. The average Bonchev–Trinajstić information content (AvgIpc) is 3.58. The predicted molar refractivity (Wildman–Crippen MR) is 167 cm³/mol. The maximum atomic E-state index is 11.8. The van der Waals surface area contributed by atoms with E-state index in [-0.39, 0.29) is 42.6 Å². The SMILES string of the molecule is CCCC(O)CCCCCCCCC(O)C1CCC(C(O)CCCCCCCCCCC2C=C(CC(C)=O)C(=O)O2)O1. The van der Waals surface area contributed by atoms with E-state index < -0.39 is 12.2 Å². The Morgan fingerprint density at radius 1 is 0.762 bits per heavy atom. The Morgan fingerprint density at radius 2 is 1.24 bits per heavy atom. The molecule has 1 fully saturated rings. The molecule has 0 spiro atoms. The zero-order chi connectivity index (χ0) is 30.6. The molecule has 0 aromatic carbocycles. The number of Topliss-reactive ketones (excluding diaryl/α,β-unsaturated/α-hetero) is 1. The fourth-order valence-electron chi connectivity index (χ4n) is 6.39.